The molecule has 0 spiro atoms. The summed E-state index contributed by atoms with van der Waals surface area (Å²) in [7, 11) is 3.04. The first kappa shape index (κ1) is 18.2. The number of fused-ring (bicyclic) bond motifs is 1. The maximum atomic E-state index is 13.5. The molecule has 0 radical (unpaired) electrons. The van der Waals surface area contributed by atoms with Gasteiger partial charge in [0.05, 0.1) is 24.7 Å². The van der Waals surface area contributed by atoms with Crippen LogP contribution in [0.5, 0.6) is 5.75 Å². The Kier molecular flexibility index (Phi) is 4.43. The fourth-order valence-electron chi connectivity index (χ4n) is 3.03. The summed E-state index contributed by atoms with van der Waals surface area (Å²) >= 11 is 0. The molecule has 0 aliphatic carbocycles. The van der Waals surface area contributed by atoms with E-state index in [0.717, 1.165) is 6.20 Å². The van der Waals surface area contributed by atoms with E-state index in [-0.39, 0.29) is 11.3 Å². The fourth-order valence-corrected chi connectivity index (χ4v) is 3.03. The average molecular weight is 392 g/mol. The lowest BCUT2D eigenvalue weighted by molar-refractivity contribution is 0.0691. The molecule has 3 aromatic heterocycles. The SMILES string of the molecule is COc1cccc(N(C(=O)c2c(C(=O)O)cnn2C)c2ccn3ncnc3c2)c1. The molecule has 0 unspecified atom stereocenters. The lowest BCUT2D eigenvalue weighted by Crippen LogP contribution is -2.29. The van der Waals surface area contributed by atoms with Crippen molar-refractivity contribution in [3.63, 3.8) is 0 Å². The summed E-state index contributed by atoms with van der Waals surface area (Å²) in [5.41, 5.74) is 1.28. The maximum Gasteiger partial charge on any atom is 0.339 e. The van der Waals surface area contributed by atoms with Crippen molar-refractivity contribution in [1.82, 2.24) is 24.4 Å². The Morgan fingerprint density at radius 2 is 1.93 bits per heavy atom. The summed E-state index contributed by atoms with van der Waals surface area (Å²) in [6, 6.07) is 10.3. The number of nitrogens with zero attached hydrogens (tertiary/aromatic N) is 6. The van der Waals surface area contributed by atoms with Crippen LogP contribution in [0.3, 0.4) is 0 Å². The number of aryl methyl sites for hydroxylation is 1. The zero-order chi connectivity index (χ0) is 20.5. The van der Waals surface area contributed by atoms with Gasteiger partial charge in [0, 0.05) is 25.4 Å². The molecule has 4 rings (SSSR count). The lowest BCUT2D eigenvalue weighted by atomic mass is 10.1. The summed E-state index contributed by atoms with van der Waals surface area (Å²) in [5.74, 6) is -1.24. The molecular weight excluding hydrogens is 376 g/mol. The summed E-state index contributed by atoms with van der Waals surface area (Å²) in [6.45, 7) is 0. The number of hydrogen-bond acceptors (Lipinski definition) is 6. The van der Waals surface area contributed by atoms with Crippen LogP contribution in [-0.2, 0) is 7.05 Å². The molecule has 0 aliphatic heterocycles. The summed E-state index contributed by atoms with van der Waals surface area (Å²) in [5, 5.41) is 17.5. The van der Waals surface area contributed by atoms with Crippen LogP contribution in [0.4, 0.5) is 11.4 Å². The largest absolute Gasteiger partial charge is 0.497 e. The maximum absolute atomic E-state index is 13.5. The van der Waals surface area contributed by atoms with Crippen molar-refractivity contribution < 1.29 is 19.4 Å². The number of anilines is 2. The van der Waals surface area contributed by atoms with Crippen molar-refractivity contribution in [2.75, 3.05) is 12.0 Å². The number of hydrogen-bond donors (Lipinski definition) is 1. The molecule has 0 fully saturated rings. The Hall–Kier alpha value is -4.21. The van der Waals surface area contributed by atoms with Gasteiger partial charge in [0.25, 0.3) is 5.91 Å². The van der Waals surface area contributed by atoms with Gasteiger partial charge < -0.3 is 9.84 Å². The molecule has 1 aromatic carbocycles. The average Bonchev–Trinajstić information content (AvgIpc) is 3.34. The van der Waals surface area contributed by atoms with Gasteiger partial charge in [-0.25, -0.2) is 14.3 Å². The summed E-state index contributed by atoms with van der Waals surface area (Å²) < 4.78 is 8.08. The first-order chi connectivity index (χ1) is 14.0. The number of amides is 1. The van der Waals surface area contributed by atoms with Crippen molar-refractivity contribution in [2.45, 2.75) is 0 Å². The van der Waals surface area contributed by atoms with Crippen molar-refractivity contribution in [3.05, 3.63) is 66.4 Å². The number of methoxy groups -OCH3 is 1. The van der Waals surface area contributed by atoms with Gasteiger partial charge in [0.1, 0.15) is 23.3 Å². The number of carboxylic acid groups (broad SMARTS) is 1. The Labute approximate surface area is 164 Å². The van der Waals surface area contributed by atoms with E-state index in [1.165, 1.54) is 30.1 Å². The van der Waals surface area contributed by atoms with Gasteiger partial charge in [0.15, 0.2) is 5.65 Å². The monoisotopic (exact) mass is 392 g/mol. The number of pyridine rings is 1. The molecule has 0 saturated heterocycles. The molecule has 1 amide bonds. The normalized spacial score (nSPS) is 10.8. The molecule has 0 atom stereocenters. The van der Waals surface area contributed by atoms with Crippen molar-refractivity contribution in [1.29, 1.82) is 0 Å². The topological polar surface area (TPSA) is 115 Å². The Morgan fingerprint density at radius 1 is 1.14 bits per heavy atom. The van der Waals surface area contributed by atoms with Crippen LogP contribution in [-0.4, -0.2) is 48.5 Å². The van der Waals surface area contributed by atoms with Crippen LogP contribution in [0.2, 0.25) is 0 Å². The van der Waals surface area contributed by atoms with Gasteiger partial charge >= 0.3 is 5.97 Å². The number of aromatic nitrogens is 5. The number of rotatable bonds is 5. The van der Waals surface area contributed by atoms with Crippen molar-refractivity contribution in [3.8, 4) is 5.75 Å². The van der Waals surface area contributed by atoms with E-state index < -0.39 is 11.9 Å². The van der Waals surface area contributed by atoms with Crippen molar-refractivity contribution in [2.24, 2.45) is 7.05 Å². The molecule has 10 nitrogen and oxygen atoms in total. The zero-order valence-corrected chi connectivity index (χ0v) is 15.6. The van der Waals surface area contributed by atoms with Crippen LogP contribution >= 0.6 is 0 Å². The number of ether oxygens (including phenoxy) is 1. The predicted octanol–water partition coefficient (Wildman–Crippen LogP) is 2.15. The fraction of sp³-hybridized carbons (Fsp3) is 0.105. The van der Waals surface area contributed by atoms with E-state index >= 15 is 0 Å². The van der Waals surface area contributed by atoms with Gasteiger partial charge in [0.2, 0.25) is 0 Å². The van der Waals surface area contributed by atoms with Gasteiger partial charge in [-0.3, -0.25) is 14.4 Å². The molecule has 1 N–H and O–H groups in total. The van der Waals surface area contributed by atoms with Crippen LogP contribution in [0.1, 0.15) is 20.8 Å². The molecule has 146 valence electrons. The number of carbonyl (C=O) groups is 2. The van der Waals surface area contributed by atoms with E-state index in [0.29, 0.717) is 22.8 Å². The molecule has 29 heavy (non-hydrogen) atoms. The lowest BCUT2D eigenvalue weighted by Gasteiger charge is -2.24. The number of benzene rings is 1. The standard InChI is InChI=1S/C19H16N6O4/c1-23-17(15(10-21-23)19(27)28)18(26)25(12-4-3-5-14(8-12)29-2)13-6-7-24-16(9-13)20-11-22-24/h3-11H,1-2H3,(H,27,28). The third-order valence-electron chi connectivity index (χ3n) is 4.41. The van der Waals surface area contributed by atoms with Crippen LogP contribution in [0.25, 0.3) is 5.65 Å². The Balaban J connectivity index is 1.91. The number of aromatic carboxylic acids is 1. The highest BCUT2D eigenvalue weighted by atomic mass is 16.5. The van der Waals surface area contributed by atoms with Crippen molar-refractivity contribution >= 4 is 28.9 Å². The minimum absolute atomic E-state index is 0.0540. The second-order valence-electron chi connectivity index (χ2n) is 6.13. The predicted molar refractivity (Wildman–Crippen MR) is 103 cm³/mol. The Morgan fingerprint density at radius 3 is 2.69 bits per heavy atom. The molecular formula is C19H16N6O4. The molecule has 4 aromatic rings. The first-order valence-electron chi connectivity index (χ1n) is 8.53. The van der Waals surface area contributed by atoms with E-state index in [1.54, 1.807) is 47.1 Å². The third kappa shape index (κ3) is 3.16. The molecule has 3 heterocycles. The molecule has 0 aliphatic rings. The smallest absolute Gasteiger partial charge is 0.339 e. The summed E-state index contributed by atoms with van der Waals surface area (Å²) in [4.78, 5) is 30.7. The van der Waals surface area contributed by atoms with E-state index in [2.05, 4.69) is 15.2 Å². The van der Waals surface area contributed by atoms with Gasteiger partial charge in [-0.2, -0.15) is 10.2 Å². The third-order valence-corrected chi connectivity index (χ3v) is 4.41. The molecule has 10 heteroatoms. The van der Waals surface area contributed by atoms with E-state index in [1.807, 2.05) is 0 Å². The number of carboxylic acids is 1. The Bertz CT molecular complexity index is 1230. The van der Waals surface area contributed by atoms with Gasteiger partial charge in [-0.15, -0.1) is 0 Å². The molecule has 0 bridgehead atoms. The highest BCUT2D eigenvalue weighted by Gasteiger charge is 2.28. The second-order valence-corrected chi connectivity index (χ2v) is 6.13. The highest BCUT2D eigenvalue weighted by molar-refractivity contribution is 6.14. The minimum Gasteiger partial charge on any atom is -0.497 e. The van der Waals surface area contributed by atoms with E-state index in [4.69, 9.17) is 4.74 Å². The van der Waals surface area contributed by atoms with Gasteiger partial charge in [-0.1, -0.05) is 6.07 Å². The van der Waals surface area contributed by atoms with Gasteiger partial charge in [-0.05, 0) is 18.2 Å². The number of carbonyl (C=O) groups excluding carboxylic acids is 1. The summed E-state index contributed by atoms with van der Waals surface area (Å²) in [6.07, 6.45) is 4.22. The first-order valence-corrected chi connectivity index (χ1v) is 8.53. The van der Waals surface area contributed by atoms with E-state index in [9.17, 15) is 14.7 Å². The highest BCUT2D eigenvalue weighted by Crippen LogP contribution is 2.31. The van der Waals surface area contributed by atoms with Crippen LogP contribution in [0.15, 0.2) is 55.1 Å². The van der Waals surface area contributed by atoms with Crippen LogP contribution < -0.4 is 9.64 Å². The minimum atomic E-state index is -1.24. The zero-order valence-electron chi connectivity index (χ0n) is 15.6. The van der Waals surface area contributed by atoms with Crippen LogP contribution in [0, 0.1) is 0 Å². The molecule has 0 saturated carbocycles. The second kappa shape index (κ2) is 7.08. The quantitative estimate of drug-likeness (QED) is 0.553.